The van der Waals surface area contributed by atoms with E-state index in [1.165, 1.54) is 0 Å². The molecular weight excluding hydrogens is 268 g/mol. The quantitative estimate of drug-likeness (QED) is 0.903. The second kappa shape index (κ2) is 6.70. The summed E-state index contributed by atoms with van der Waals surface area (Å²) in [4.78, 5) is 29.6. The van der Waals surface area contributed by atoms with Crippen LogP contribution < -0.4 is 0 Å². The zero-order valence-electron chi connectivity index (χ0n) is 12.5. The molecular formula is C16H22N2O3. The minimum atomic E-state index is -0.784. The molecule has 1 saturated carbocycles. The lowest BCUT2D eigenvalue weighted by molar-refractivity contribution is -0.142. The largest absolute Gasteiger partial charge is 0.481 e. The lowest BCUT2D eigenvalue weighted by Crippen LogP contribution is -2.40. The van der Waals surface area contributed by atoms with Crippen molar-refractivity contribution in [2.24, 2.45) is 11.8 Å². The van der Waals surface area contributed by atoms with Gasteiger partial charge >= 0.3 is 5.97 Å². The Morgan fingerprint density at radius 1 is 1.38 bits per heavy atom. The van der Waals surface area contributed by atoms with Crippen molar-refractivity contribution in [2.75, 3.05) is 0 Å². The Balaban J connectivity index is 2.05. The molecule has 1 heterocycles. The van der Waals surface area contributed by atoms with Crippen molar-refractivity contribution in [3.63, 3.8) is 0 Å². The molecule has 5 heteroatoms. The van der Waals surface area contributed by atoms with Gasteiger partial charge in [0.25, 0.3) is 0 Å². The first-order chi connectivity index (χ1) is 9.99. The maximum Gasteiger partial charge on any atom is 0.306 e. The van der Waals surface area contributed by atoms with Crippen molar-refractivity contribution in [3.05, 3.63) is 30.1 Å². The van der Waals surface area contributed by atoms with Gasteiger partial charge in [0.1, 0.15) is 0 Å². The molecule has 0 spiro atoms. The Hall–Kier alpha value is -1.91. The monoisotopic (exact) mass is 290 g/mol. The molecule has 1 aromatic rings. The molecule has 0 saturated heterocycles. The van der Waals surface area contributed by atoms with Crippen LogP contribution in [0.4, 0.5) is 0 Å². The predicted molar refractivity (Wildman–Crippen MR) is 78.4 cm³/mol. The van der Waals surface area contributed by atoms with Gasteiger partial charge in [-0.2, -0.15) is 0 Å². The summed E-state index contributed by atoms with van der Waals surface area (Å²) < 4.78 is 0. The fraction of sp³-hybridized carbons (Fsp3) is 0.562. The number of carboxylic acids is 1. The molecule has 0 aliphatic heterocycles. The van der Waals surface area contributed by atoms with E-state index in [0.29, 0.717) is 25.8 Å². The van der Waals surface area contributed by atoms with E-state index in [-0.39, 0.29) is 23.8 Å². The van der Waals surface area contributed by atoms with Crippen molar-refractivity contribution in [3.8, 4) is 0 Å². The second-order valence-corrected chi connectivity index (χ2v) is 5.97. The van der Waals surface area contributed by atoms with Crippen LogP contribution >= 0.6 is 0 Å². The summed E-state index contributed by atoms with van der Waals surface area (Å²) in [6.07, 6.45) is 5.21. The Morgan fingerprint density at radius 3 is 2.62 bits per heavy atom. The molecule has 1 aromatic heterocycles. The molecule has 2 rings (SSSR count). The van der Waals surface area contributed by atoms with Crippen LogP contribution in [0.1, 0.15) is 38.7 Å². The summed E-state index contributed by atoms with van der Waals surface area (Å²) in [6, 6.07) is 3.89. The molecule has 21 heavy (non-hydrogen) atoms. The third-order valence-corrected chi connectivity index (χ3v) is 4.11. The second-order valence-electron chi connectivity index (χ2n) is 5.97. The summed E-state index contributed by atoms with van der Waals surface area (Å²) >= 11 is 0. The van der Waals surface area contributed by atoms with Gasteiger partial charge < -0.3 is 10.0 Å². The molecule has 0 unspecified atom stereocenters. The summed E-state index contributed by atoms with van der Waals surface area (Å²) in [5, 5.41) is 9.06. The SMILES string of the molecule is CC(C)N(Cc1cccnc1)C(=O)[C@@H]1CC[C@H](C(=O)O)C1. The van der Waals surface area contributed by atoms with E-state index >= 15 is 0 Å². The molecule has 0 aromatic carbocycles. The lowest BCUT2D eigenvalue weighted by Gasteiger charge is -2.29. The molecule has 1 N–H and O–H groups in total. The Morgan fingerprint density at radius 2 is 2.10 bits per heavy atom. The first-order valence-corrected chi connectivity index (χ1v) is 7.41. The van der Waals surface area contributed by atoms with Gasteiger partial charge in [0, 0.05) is 30.9 Å². The number of carboxylic acid groups (broad SMARTS) is 1. The van der Waals surface area contributed by atoms with E-state index in [0.717, 1.165) is 5.56 Å². The highest BCUT2D eigenvalue weighted by Crippen LogP contribution is 2.33. The molecule has 0 radical (unpaired) electrons. The minimum absolute atomic E-state index is 0.0672. The van der Waals surface area contributed by atoms with Gasteiger partial charge in [-0.25, -0.2) is 0 Å². The molecule has 0 bridgehead atoms. The van der Waals surface area contributed by atoms with E-state index in [4.69, 9.17) is 5.11 Å². The highest BCUT2D eigenvalue weighted by atomic mass is 16.4. The van der Waals surface area contributed by atoms with Crippen molar-refractivity contribution >= 4 is 11.9 Å². The molecule has 2 atom stereocenters. The predicted octanol–water partition coefficient (Wildman–Crippen LogP) is 2.32. The fourth-order valence-electron chi connectivity index (χ4n) is 2.87. The van der Waals surface area contributed by atoms with Crippen LogP contribution in [0.15, 0.2) is 24.5 Å². The standard InChI is InChI=1S/C16H22N2O3/c1-11(2)18(10-12-4-3-7-17-9-12)15(19)13-5-6-14(8-13)16(20)21/h3-4,7,9,11,13-14H,5-6,8,10H2,1-2H3,(H,20,21)/t13-,14+/m1/s1. The average Bonchev–Trinajstić information content (AvgIpc) is 2.95. The van der Waals surface area contributed by atoms with Crippen LogP contribution in [0.2, 0.25) is 0 Å². The molecule has 5 nitrogen and oxygen atoms in total. The molecule has 1 aliphatic carbocycles. The Bertz CT molecular complexity index is 502. The van der Waals surface area contributed by atoms with Gasteiger partial charge in [-0.1, -0.05) is 6.07 Å². The summed E-state index contributed by atoms with van der Waals surface area (Å²) in [7, 11) is 0. The van der Waals surface area contributed by atoms with Crippen molar-refractivity contribution in [1.29, 1.82) is 0 Å². The van der Waals surface area contributed by atoms with Gasteiger partial charge in [-0.15, -0.1) is 0 Å². The smallest absolute Gasteiger partial charge is 0.306 e. The highest BCUT2D eigenvalue weighted by Gasteiger charge is 2.36. The number of amides is 1. The van der Waals surface area contributed by atoms with Crippen molar-refractivity contribution in [2.45, 2.75) is 45.7 Å². The fourth-order valence-corrected chi connectivity index (χ4v) is 2.87. The maximum atomic E-state index is 12.7. The molecule has 1 aliphatic rings. The first kappa shape index (κ1) is 15.5. The summed E-state index contributed by atoms with van der Waals surface area (Å²) in [5.74, 6) is -1.25. The number of aliphatic carboxylic acids is 1. The van der Waals surface area contributed by atoms with Gasteiger partial charge in [0.15, 0.2) is 0 Å². The summed E-state index contributed by atoms with van der Waals surface area (Å²) in [5.41, 5.74) is 0.993. The van der Waals surface area contributed by atoms with E-state index in [2.05, 4.69) is 4.98 Å². The number of rotatable bonds is 5. The molecule has 1 fully saturated rings. The minimum Gasteiger partial charge on any atom is -0.481 e. The van der Waals surface area contributed by atoms with E-state index in [9.17, 15) is 9.59 Å². The van der Waals surface area contributed by atoms with E-state index in [1.807, 2.05) is 30.9 Å². The molecule has 114 valence electrons. The maximum absolute atomic E-state index is 12.7. The topological polar surface area (TPSA) is 70.5 Å². The van der Waals surface area contributed by atoms with Crippen LogP contribution in [0.3, 0.4) is 0 Å². The third-order valence-electron chi connectivity index (χ3n) is 4.11. The third kappa shape index (κ3) is 3.80. The Kier molecular flexibility index (Phi) is 4.94. The number of carbonyl (C=O) groups is 2. The van der Waals surface area contributed by atoms with Crippen LogP contribution in [-0.2, 0) is 16.1 Å². The Labute approximate surface area is 125 Å². The van der Waals surface area contributed by atoms with Crippen LogP contribution in [0.25, 0.3) is 0 Å². The van der Waals surface area contributed by atoms with E-state index in [1.54, 1.807) is 12.4 Å². The zero-order valence-corrected chi connectivity index (χ0v) is 12.5. The van der Waals surface area contributed by atoms with Gasteiger partial charge in [0.05, 0.1) is 5.92 Å². The number of pyridine rings is 1. The van der Waals surface area contributed by atoms with Crippen LogP contribution in [0, 0.1) is 11.8 Å². The van der Waals surface area contributed by atoms with Gasteiger partial charge in [-0.05, 0) is 44.7 Å². The van der Waals surface area contributed by atoms with E-state index < -0.39 is 5.97 Å². The van der Waals surface area contributed by atoms with Crippen LogP contribution in [0.5, 0.6) is 0 Å². The van der Waals surface area contributed by atoms with Gasteiger partial charge in [0.2, 0.25) is 5.91 Å². The number of aromatic nitrogens is 1. The van der Waals surface area contributed by atoms with Crippen LogP contribution in [-0.4, -0.2) is 32.9 Å². The lowest BCUT2D eigenvalue weighted by atomic mass is 10.0. The summed E-state index contributed by atoms with van der Waals surface area (Å²) in [6.45, 7) is 4.49. The number of nitrogens with zero attached hydrogens (tertiary/aromatic N) is 2. The number of hydrogen-bond donors (Lipinski definition) is 1. The first-order valence-electron chi connectivity index (χ1n) is 7.41. The normalized spacial score (nSPS) is 21.5. The van der Waals surface area contributed by atoms with Crippen molar-refractivity contribution in [1.82, 2.24) is 9.88 Å². The highest BCUT2D eigenvalue weighted by molar-refractivity contribution is 5.81. The number of carbonyl (C=O) groups excluding carboxylic acids is 1. The average molecular weight is 290 g/mol. The zero-order chi connectivity index (χ0) is 15.4. The van der Waals surface area contributed by atoms with Gasteiger partial charge in [-0.3, -0.25) is 14.6 Å². The van der Waals surface area contributed by atoms with Crippen molar-refractivity contribution < 1.29 is 14.7 Å². The molecule has 1 amide bonds. The number of hydrogen-bond acceptors (Lipinski definition) is 3.